The first kappa shape index (κ1) is 15.0. The fourth-order valence-corrected chi connectivity index (χ4v) is 2.17. The molecule has 4 heteroatoms. The maximum absolute atomic E-state index is 12.2. The molecule has 0 fully saturated rings. The average Bonchev–Trinajstić information content (AvgIpc) is 2.50. The highest BCUT2D eigenvalue weighted by Crippen LogP contribution is 2.14. The van der Waals surface area contributed by atoms with Gasteiger partial charge in [-0.1, -0.05) is 31.2 Å². The summed E-state index contributed by atoms with van der Waals surface area (Å²) in [7, 11) is 1.63. The molecule has 1 unspecified atom stereocenters. The van der Waals surface area contributed by atoms with Crippen molar-refractivity contribution >= 4 is 5.91 Å². The van der Waals surface area contributed by atoms with Gasteiger partial charge in [0.05, 0.1) is 6.04 Å². The summed E-state index contributed by atoms with van der Waals surface area (Å²) in [5.74, 6) is -0.344. The van der Waals surface area contributed by atoms with Gasteiger partial charge in [-0.3, -0.25) is 9.59 Å². The van der Waals surface area contributed by atoms with Gasteiger partial charge in [0.25, 0.3) is 11.5 Å². The van der Waals surface area contributed by atoms with E-state index in [0.717, 1.165) is 12.0 Å². The van der Waals surface area contributed by atoms with Gasteiger partial charge in [0, 0.05) is 13.2 Å². The van der Waals surface area contributed by atoms with Gasteiger partial charge in [-0.05, 0) is 36.6 Å². The topological polar surface area (TPSA) is 51.1 Å². The van der Waals surface area contributed by atoms with Crippen LogP contribution in [-0.2, 0) is 13.5 Å². The summed E-state index contributed by atoms with van der Waals surface area (Å²) in [4.78, 5) is 24.1. The van der Waals surface area contributed by atoms with Crippen molar-refractivity contribution < 1.29 is 4.79 Å². The zero-order valence-electron chi connectivity index (χ0n) is 12.6. The summed E-state index contributed by atoms with van der Waals surface area (Å²) in [6.07, 6.45) is 2.62. The Morgan fingerprint density at radius 2 is 1.90 bits per heavy atom. The summed E-state index contributed by atoms with van der Waals surface area (Å²) in [6, 6.07) is 11.2. The number of pyridine rings is 1. The van der Waals surface area contributed by atoms with Crippen molar-refractivity contribution in [3.63, 3.8) is 0 Å². The zero-order chi connectivity index (χ0) is 15.4. The molecule has 0 bridgehead atoms. The van der Waals surface area contributed by atoms with Crippen molar-refractivity contribution in [2.75, 3.05) is 0 Å². The monoisotopic (exact) mass is 284 g/mol. The molecule has 0 aliphatic rings. The predicted octanol–water partition coefficient (Wildman–Crippen LogP) is 2.44. The van der Waals surface area contributed by atoms with Gasteiger partial charge in [0.1, 0.15) is 5.56 Å². The lowest BCUT2D eigenvalue weighted by molar-refractivity contribution is 0.0938. The van der Waals surface area contributed by atoms with Gasteiger partial charge in [-0.2, -0.15) is 0 Å². The molecule has 2 aromatic rings. The van der Waals surface area contributed by atoms with E-state index in [1.54, 1.807) is 25.4 Å². The Balaban J connectivity index is 2.14. The molecule has 0 saturated heterocycles. The lowest BCUT2D eigenvalue weighted by Crippen LogP contribution is -2.33. The van der Waals surface area contributed by atoms with E-state index in [-0.39, 0.29) is 23.1 Å². The Kier molecular flexibility index (Phi) is 4.58. The third-order valence-corrected chi connectivity index (χ3v) is 3.60. The molecule has 0 aliphatic carbocycles. The second-order valence-electron chi connectivity index (χ2n) is 5.13. The van der Waals surface area contributed by atoms with Crippen LogP contribution in [0.15, 0.2) is 47.4 Å². The minimum absolute atomic E-state index is 0.145. The van der Waals surface area contributed by atoms with Crippen molar-refractivity contribution in [1.29, 1.82) is 0 Å². The second-order valence-corrected chi connectivity index (χ2v) is 5.13. The number of carbonyl (C=O) groups excluding carboxylic acids is 1. The molecule has 1 aromatic carbocycles. The molecule has 1 N–H and O–H groups in total. The number of aryl methyl sites for hydroxylation is 2. The molecule has 1 amide bonds. The fraction of sp³-hybridized carbons (Fsp3) is 0.294. The molecule has 21 heavy (non-hydrogen) atoms. The summed E-state index contributed by atoms with van der Waals surface area (Å²) in [6.45, 7) is 4.01. The van der Waals surface area contributed by atoms with Crippen LogP contribution in [-0.4, -0.2) is 10.5 Å². The number of aromatic nitrogens is 1. The molecular weight excluding hydrogens is 264 g/mol. The molecule has 110 valence electrons. The number of amides is 1. The summed E-state index contributed by atoms with van der Waals surface area (Å²) < 4.78 is 1.40. The Labute approximate surface area is 124 Å². The van der Waals surface area contributed by atoms with Crippen molar-refractivity contribution in [1.82, 2.24) is 9.88 Å². The number of hydrogen-bond acceptors (Lipinski definition) is 2. The van der Waals surface area contributed by atoms with Crippen LogP contribution in [0.5, 0.6) is 0 Å². The van der Waals surface area contributed by atoms with Gasteiger partial charge in [-0.25, -0.2) is 0 Å². The molecule has 0 aliphatic heterocycles. The number of hydrogen-bond donors (Lipinski definition) is 1. The first-order chi connectivity index (χ1) is 10.0. The summed E-state index contributed by atoms with van der Waals surface area (Å²) in [5, 5.41) is 2.87. The van der Waals surface area contributed by atoms with Crippen LogP contribution in [0.3, 0.4) is 0 Å². The SMILES string of the molecule is CCc1ccc(C(C)NC(=O)c2cccn(C)c2=O)cc1. The van der Waals surface area contributed by atoms with Gasteiger partial charge in [0.15, 0.2) is 0 Å². The van der Waals surface area contributed by atoms with Crippen LogP contribution in [0.1, 0.15) is 41.4 Å². The van der Waals surface area contributed by atoms with E-state index in [4.69, 9.17) is 0 Å². The van der Waals surface area contributed by atoms with E-state index < -0.39 is 0 Å². The van der Waals surface area contributed by atoms with Crippen LogP contribution in [0, 0.1) is 0 Å². The van der Waals surface area contributed by atoms with E-state index in [1.807, 2.05) is 19.1 Å². The highest BCUT2D eigenvalue weighted by atomic mass is 16.2. The summed E-state index contributed by atoms with van der Waals surface area (Å²) in [5.41, 5.74) is 2.16. The Hall–Kier alpha value is -2.36. The number of nitrogens with zero attached hydrogens (tertiary/aromatic N) is 1. The first-order valence-corrected chi connectivity index (χ1v) is 7.08. The quantitative estimate of drug-likeness (QED) is 0.937. The smallest absolute Gasteiger partial charge is 0.263 e. The number of benzene rings is 1. The van der Waals surface area contributed by atoms with Crippen molar-refractivity contribution in [3.8, 4) is 0 Å². The van der Waals surface area contributed by atoms with Gasteiger partial charge in [-0.15, -0.1) is 0 Å². The van der Waals surface area contributed by atoms with Crippen molar-refractivity contribution in [2.24, 2.45) is 7.05 Å². The van der Waals surface area contributed by atoms with Crippen LogP contribution < -0.4 is 10.9 Å². The minimum atomic E-state index is -0.344. The molecule has 1 heterocycles. The third-order valence-electron chi connectivity index (χ3n) is 3.60. The van der Waals surface area contributed by atoms with Crippen LogP contribution in [0.2, 0.25) is 0 Å². The number of nitrogens with one attached hydrogen (secondary N) is 1. The molecule has 1 aromatic heterocycles. The molecule has 0 spiro atoms. The number of carbonyl (C=O) groups is 1. The van der Waals surface area contributed by atoms with Gasteiger partial charge < -0.3 is 9.88 Å². The highest BCUT2D eigenvalue weighted by molar-refractivity contribution is 5.94. The first-order valence-electron chi connectivity index (χ1n) is 7.08. The lowest BCUT2D eigenvalue weighted by atomic mass is 10.0. The van der Waals surface area contributed by atoms with E-state index in [0.29, 0.717) is 0 Å². The Morgan fingerprint density at radius 1 is 1.24 bits per heavy atom. The van der Waals surface area contributed by atoms with Crippen molar-refractivity contribution in [3.05, 3.63) is 69.6 Å². The average molecular weight is 284 g/mol. The summed E-state index contributed by atoms with van der Waals surface area (Å²) >= 11 is 0. The molecular formula is C17H20N2O2. The van der Waals surface area contributed by atoms with Gasteiger partial charge >= 0.3 is 0 Å². The highest BCUT2D eigenvalue weighted by Gasteiger charge is 2.14. The third kappa shape index (κ3) is 3.40. The number of rotatable bonds is 4. The molecule has 0 radical (unpaired) electrons. The predicted molar refractivity (Wildman–Crippen MR) is 83.4 cm³/mol. The van der Waals surface area contributed by atoms with Crippen LogP contribution in [0.4, 0.5) is 0 Å². The Bertz CT molecular complexity index is 687. The second kappa shape index (κ2) is 6.39. The van der Waals surface area contributed by atoms with E-state index >= 15 is 0 Å². The van der Waals surface area contributed by atoms with Crippen molar-refractivity contribution in [2.45, 2.75) is 26.3 Å². The molecule has 4 nitrogen and oxygen atoms in total. The minimum Gasteiger partial charge on any atom is -0.345 e. The van der Waals surface area contributed by atoms with E-state index in [2.05, 4.69) is 24.4 Å². The molecule has 2 rings (SSSR count). The maximum Gasteiger partial charge on any atom is 0.263 e. The molecule has 0 saturated carbocycles. The van der Waals surface area contributed by atoms with Crippen LogP contribution >= 0.6 is 0 Å². The van der Waals surface area contributed by atoms with Gasteiger partial charge in [0.2, 0.25) is 0 Å². The van der Waals surface area contributed by atoms with E-state index in [1.165, 1.54) is 10.1 Å². The zero-order valence-corrected chi connectivity index (χ0v) is 12.6. The lowest BCUT2D eigenvalue weighted by Gasteiger charge is -2.15. The largest absolute Gasteiger partial charge is 0.345 e. The van der Waals surface area contributed by atoms with Crippen LogP contribution in [0.25, 0.3) is 0 Å². The Morgan fingerprint density at radius 3 is 2.52 bits per heavy atom. The fourth-order valence-electron chi connectivity index (χ4n) is 2.17. The maximum atomic E-state index is 12.2. The normalized spacial score (nSPS) is 12.0. The molecule has 1 atom stereocenters. The standard InChI is InChI=1S/C17H20N2O2/c1-4-13-7-9-14(10-8-13)12(2)18-16(20)15-6-5-11-19(3)17(15)21/h5-12H,4H2,1-3H3,(H,18,20). The van der Waals surface area contributed by atoms with E-state index in [9.17, 15) is 9.59 Å².